The van der Waals surface area contributed by atoms with Crippen molar-refractivity contribution in [3.63, 3.8) is 0 Å². The van der Waals surface area contributed by atoms with Crippen molar-refractivity contribution < 1.29 is 9.31 Å². The molecule has 0 spiro atoms. The van der Waals surface area contributed by atoms with Crippen molar-refractivity contribution in [2.24, 2.45) is 0 Å². The standard InChI is InChI=1S/C9H17BO2/c1-5-11-10(12-6-2)8-7-9(3)4/h7-8H,3,5-6H2,1-2,4H3/b8-7+. The maximum atomic E-state index is 5.28. The topological polar surface area (TPSA) is 18.5 Å². The summed E-state index contributed by atoms with van der Waals surface area (Å²) in [5.74, 6) is 1.87. The minimum atomic E-state index is -0.225. The summed E-state index contributed by atoms with van der Waals surface area (Å²) in [6, 6.07) is 0. The largest absolute Gasteiger partial charge is 0.486 e. The van der Waals surface area contributed by atoms with Crippen LogP contribution in [0.4, 0.5) is 0 Å². The fraction of sp³-hybridized carbons (Fsp3) is 0.556. The van der Waals surface area contributed by atoms with Crippen LogP contribution in [0.2, 0.25) is 0 Å². The Morgan fingerprint density at radius 2 is 1.83 bits per heavy atom. The van der Waals surface area contributed by atoms with Crippen molar-refractivity contribution in [1.29, 1.82) is 0 Å². The van der Waals surface area contributed by atoms with Crippen LogP contribution >= 0.6 is 0 Å². The monoisotopic (exact) mass is 168 g/mol. The normalized spacial score (nSPS) is 10.6. The summed E-state index contributed by atoms with van der Waals surface area (Å²) in [5.41, 5.74) is 0.999. The van der Waals surface area contributed by atoms with Gasteiger partial charge in [0, 0.05) is 13.2 Å². The molecule has 0 fully saturated rings. The molecule has 0 amide bonds. The Hall–Kier alpha value is -0.535. The van der Waals surface area contributed by atoms with E-state index in [0.29, 0.717) is 13.2 Å². The van der Waals surface area contributed by atoms with E-state index in [2.05, 4.69) is 6.58 Å². The van der Waals surface area contributed by atoms with Crippen molar-refractivity contribution in [3.05, 3.63) is 24.2 Å². The highest BCUT2D eigenvalue weighted by atomic mass is 16.6. The molecule has 0 saturated heterocycles. The number of hydrogen-bond acceptors (Lipinski definition) is 2. The van der Waals surface area contributed by atoms with Gasteiger partial charge in [-0.1, -0.05) is 24.2 Å². The lowest BCUT2D eigenvalue weighted by Gasteiger charge is -2.07. The summed E-state index contributed by atoms with van der Waals surface area (Å²) in [4.78, 5) is 0. The second-order valence-corrected chi connectivity index (χ2v) is 2.48. The molecule has 0 aromatic rings. The molecule has 0 radical (unpaired) electrons. The van der Waals surface area contributed by atoms with E-state index < -0.39 is 0 Å². The SMILES string of the molecule is C=C(C)/C=C/B(OCC)OCC. The first-order valence-corrected chi connectivity index (χ1v) is 4.27. The molecule has 2 nitrogen and oxygen atoms in total. The predicted molar refractivity (Wildman–Crippen MR) is 53.0 cm³/mol. The van der Waals surface area contributed by atoms with Crippen LogP contribution in [0.15, 0.2) is 24.2 Å². The van der Waals surface area contributed by atoms with Gasteiger partial charge in [-0.2, -0.15) is 0 Å². The van der Waals surface area contributed by atoms with Crippen molar-refractivity contribution in [2.45, 2.75) is 20.8 Å². The molecular formula is C9H17BO2. The molecule has 0 aliphatic rings. The molecule has 0 atom stereocenters. The zero-order chi connectivity index (χ0) is 9.40. The van der Waals surface area contributed by atoms with E-state index in [1.54, 1.807) is 0 Å². The molecule has 12 heavy (non-hydrogen) atoms. The zero-order valence-corrected chi connectivity index (χ0v) is 8.17. The minimum absolute atomic E-state index is 0.225. The summed E-state index contributed by atoms with van der Waals surface area (Å²) in [7, 11) is -0.225. The van der Waals surface area contributed by atoms with Crippen LogP contribution < -0.4 is 0 Å². The lowest BCUT2D eigenvalue weighted by Crippen LogP contribution is -2.20. The molecule has 0 aliphatic carbocycles. The third kappa shape index (κ3) is 6.19. The van der Waals surface area contributed by atoms with Gasteiger partial charge in [0.05, 0.1) is 0 Å². The van der Waals surface area contributed by atoms with Crippen LogP contribution in [-0.4, -0.2) is 20.3 Å². The minimum Gasteiger partial charge on any atom is -0.408 e. The third-order valence-electron chi connectivity index (χ3n) is 1.20. The molecule has 0 aromatic carbocycles. The number of hydrogen-bond donors (Lipinski definition) is 0. The van der Waals surface area contributed by atoms with E-state index >= 15 is 0 Å². The van der Waals surface area contributed by atoms with E-state index in [1.807, 2.05) is 32.8 Å². The van der Waals surface area contributed by atoms with Crippen molar-refractivity contribution in [3.8, 4) is 0 Å². The summed E-state index contributed by atoms with van der Waals surface area (Å²) in [5, 5.41) is 0. The van der Waals surface area contributed by atoms with Gasteiger partial charge in [0.1, 0.15) is 0 Å². The molecule has 0 bridgehead atoms. The lowest BCUT2D eigenvalue weighted by molar-refractivity contribution is 0.224. The highest BCUT2D eigenvalue weighted by Crippen LogP contribution is 1.95. The average molecular weight is 168 g/mol. The molecule has 0 aliphatic heterocycles. The van der Waals surface area contributed by atoms with Gasteiger partial charge < -0.3 is 9.31 Å². The molecule has 0 unspecified atom stereocenters. The highest BCUT2D eigenvalue weighted by Gasteiger charge is 2.10. The molecule has 0 aromatic heterocycles. The molecule has 0 N–H and O–H groups in total. The molecule has 3 heteroatoms. The Kier molecular flexibility index (Phi) is 6.81. The van der Waals surface area contributed by atoms with Gasteiger partial charge in [-0.3, -0.25) is 0 Å². The van der Waals surface area contributed by atoms with Gasteiger partial charge in [0.25, 0.3) is 0 Å². The van der Waals surface area contributed by atoms with Crippen LogP contribution in [0.5, 0.6) is 0 Å². The first-order valence-electron chi connectivity index (χ1n) is 4.27. The summed E-state index contributed by atoms with van der Waals surface area (Å²) in [6.45, 7) is 10.9. The van der Waals surface area contributed by atoms with E-state index in [-0.39, 0.29) is 7.12 Å². The fourth-order valence-corrected chi connectivity index (χ4v) is 0.731. The highest BCUT2D eigenvalue weighted by molar-refractivity contribution is 6.50. The summed E-state index contributed by atoms with van der Waals surface area (Å²) >= 11 is 0. The van der Waals surface area contributed by atoms with Crippen LogP contribution in [-0.2, 0) is 9.31 Å². The van der Waals surface area contributed by atoms with Crippen molar-refractivity contribution in [1.82, 2.24) is 0 Å². The van der Waals surface area contributed by atoms with E-state index in [0.717, 1.165) is 5.57 Å². The van der Waals surface area contributed by atoms with Gasteiger partial charge in [-0.25, -0.2) is 0 Å². The van der Waals surface area contributed by atoms with E-state index in [1.165, 1.54) is 0 Å². The lowest BCUT2D eigenvalue weighted by atomic mass is 9.89. The fourth-order valence-electron chi connectivity index (χ4n) is 0.731. The summed E-state index contributed by atoms with van der Waals surface area (Å²) < 4.78 is 10.6. The third-order valence-corrected chi connectivity index (χ3v) is 1.20. The first kappa shape index (κ1) is 11.5. The van der Waals surface area contributed by atoms with Crippen molar-refractivity contribution in [2.75, 3.05) is 13.2 Å². The van der Waals surface area contributed by atoms with E-state index in [9.17, 15) is 0 Å². The quantitative estimate of drug-likeness (QED) is 0.447. The molecule has 0 saturated carbocycles. The first-order chi connectivity index (χ1) is 5.70. The molecule has 68 valence electrons. The maximum absolute atomic E-state index is 5.28. The average Bonchev–Trinajstić information content (AvgIpc) is 2.01. The van der Waals surface area contributed by atoms with Gasteiger partial charge in [-0.15, -0.1) is 0 Å². The van der Waals surface area contributed by atoms with Crippen LogP contribution in [0.25, 0.3) is 0 Å². The Bertz CT molecular complexity index is 149. The van der Waals surface area contributed by atoms with Crippen LogP contribution in [0, 0.1) is 0 Å². The van der Waals surface area contributed by atoms with Gasteiger partial charge >= 0.3 is 7.12 Å². The number of rotatable bonds is 6. The Labute approximate surface area is 75.4 Å². The van der Waals surface area contributed by atoms with E-state index in [4.69, 9.17) is 9.31 Å². The predicted octanol–water partition coefficient (Wildman–Crippen LogP) is 2.22. The smallest absolute Gasteiger partial charge is 0.408 e. The number of allylic oxidation sites excluding steroid dienone is 2. The van der Waals surface area contributed by atoms with Crippen LogP contribution in [0.1, 0.15) is 20.8 Å². The second-order valence-electron chi connectivity index (χ2n) is 2.48. The molecule has 0 rings (SSSR count). The van der Waals surface area contributed by atoms with Gasteiger partial charge in [0.15, 0.2) is 0 Å². The molecule has 0 heterocycles. The maximum Gasteiger partial charge on any atom is 0.486 e. The Morgan fingerprint density at radius 3 is 2.17 bits per heavy atom. The second kappa shape index (κ2) is 7.13. The zero-order valence-electron chi connectivity index (χ0n) is 8.17. The molecular weight excluding hydrogens is 151 g/mol. The van der Waals surface area contributed by atoms with Crippen LogP contribution in [0.3, 0.4) is 0 Å². The summed E-state index contributed by atoms with van der Waals surface area (Å²) in [6.07, 6.45) is 1.90. The Balaban J connectivity index is 3.84. The van der Waals surface area contributed by atoms with Crippen molar-refractivity contribution >= 4 is 7.12 Å². The van der Waals surface area contributed by atoms with Gasteiger partial charge in [-0.05, 0) is 20.8 Å². The van der Waals surface area contributed by atoms with Gasteiger partial charge in [0.2, 0.25) is 0 Å². The Morgan fingerprint density at radius 1 is 1.33 bits per heavy atom.